The van der Waals surface area contributed by atoms with E-state index in [1.165, 1.54) is 30.6 Å². The van der Waals surface area contributed by atoms with E-state index in [0.717, 1.165) is 19.0 Å². The van der Waals surface area contributed by atoms with Crippen LogP contribution in [0.2, 0.25) is 0 Å². The maximum Gasteiger partial charge on any atom is 0.0414 e. The van der Waals surface area contributed by atoms with Crippen molar-refractivity contribution in [2.24, 2.45) is 11.7 Å². The lowest BCUT2D eigenvalue weighted by atomic mass is 9.95. The lowest BCUT2D eigenvalue weighted by Crippen LogP contribution is -2.37. The van der Waals surface area contributed by atoms with E-state index < -0.39 is 0 Å². The summed E-state index contributed by atoms with van der Waals surface area (Å²) in [5.74, 6) is 0.841. The Morgan fingerprint density at radius 1 is 1.26 bits per heavy atom. The van der Waals surface area contributed by atoms with Crippen molar-refractivity contribution in [3.05, 3.63) is 29.8 Å². The molecule has 3 nitrogen and oxygen atoms in total. The Hall–Kier alpha value is -1.06. The molecule has 0 bridgehead atoms. The van der Waals surface area contributed by atoms with E-state index in [2.05, 4.69) is 55.1 Å². The Balaban J connectivity index is 2.02. The van der Waals surface area contributed by atoms with Gasteiger partial charge in [0.1, 0.15) is 0 Å². The number of benzene rings is 1. The highest BCUT2D eigenvalue weighted by molar-refractivity contribution is 5.55. The molecule has 1 aromatic rings. The maximum atomic E-state index is 6.08. The van der Waals surface area contributed by atoms with Gasteiger partial charge < -0.3 is 15.5 Å². The summed E-state index contributed by atoms with van der Waals surface area (Å²) in [6.07, 6.45) is 2.57. The third-order valence-corrected chi connectivity index (χ3v) is 4.01. The van der Waals surface area contributed by atoms with Gasteiger partial charge in [-0.25, -0.2) is 0 Å². The molecule has 19 heavy (non-hydrogen) atoms. The largest absolute Gasteiger partial charge is 0.371 e. The molecule has 0 spiro atoms. The quantitative estimate of drug-likeness (QED) is 0.904. The fourth-order valence-electron chi connectivity index (χ4n) is 3.03. The van der Waals surface area contributed by atoms with Gasteiger partial charge in [-0.05, 0) is 51.4 Å². The summed E-state index contributed by atoms with van der Waals surface area (Å²) in [4.78, 5) is 4.81. The average molecular weight is 261 g/mol. The highest BCUT2D eigenvalue weighted by Gasteiger charge is 2.21. The molecule has 1 unspecified atom stereocenters. The van der Waals surface area contributed by atoms with Crippen molar-refractivity contribution in [3.8, 4) is 0 Å². The van der Waals surface area contributed by atoms with Gasteiger partial charge in [0.05, 0.1) is 0 Å². The molecule has 0 amide bonds. The Morgan fingerprint density at radius 2 is 1.89 bits per heavy atom. The summed E-state index contributed by atoms with van der Waals surface area (Å²) in [6.45, 7) is 5.59. The lowest BCUT2D eigenvalue weighted by Gasteiger charge is -2.36. The molecule has 0 aromatic heterocycles. The van der Waals surface area contributed by atoms with Gasteiger partial charge in [-0.1, -0.05) is 18.2 Å². The number of hydrogen-bond acceptors (Lipinski definition) is 3. The standard InChI is InChI=1S/C16H27N3/c1-13(17)15-6-4-5-7-16(15)19-10-8-14(9-11-19)12-18(2)3/h4-7,13-14H,8-12,17H2,1-3H3. The molecular weight excluding hydrogens is 234 g/mol. The van der Waals surface area contributed by atoms with Crippen LogP contribution < -0.4 is 10.6 Å². The van der Waals surface area contributed by atoms with Gasteiger partial charge in [0.2, 0.25) is 0 Å². The molecule has 0 aliphatic carbocycles. The van der Waals surface area contributed by atoms with E-state index in [4.69, 9.17) is 5.73 Å². The Kier molecular flexibility index (Phi) is 4.83. The highest BCUT2D eigenvalue weighted by Crippen LogP contribution is 2.29. The number of piperidine rings is 1. The molecule has 0 saturated carbocycles. The number of para-hydroxylation sites is 1. The first-order valence-electron chi connectivity index (χ1n) is 7.32. The van der Waals surface area contributed by atoms with Crippen molar-refractivity contribution < 1.29 is 0 Å². The second kappa shape index (κ2) is 6.40. The van der Waals surface area contributed by atoms with Crippen LogP contribution in [0, 0.1) is 5.92 Å². The van der Waals surface area contributed by atoms with Crippen molar-refractivity contribution in [1.29, 1.82) is 0 Å². The maximum absolute atomic E-state index is 6.08. The summed E-state index contributed by atoms with van der Waals surface area (Å²) in [5, 5.41) is 0. The van der Waals surface area contributed by atoms with Gasteiger partial charge in [-0.15, -0.1) is 0 Å². The van der Waals surface area contributed by atoms with Crippen LogP contribution in [0.25, 0.3) is 0 Å². The number of hydrogen-bond donors (Lipinski definition) is 1. The van der Waals surface area contributed by atoms with Crippen LogP contribution in [0.1, 0.15) is 31.4 Å². The van der Waals surface area contributed by atoms with Crippen molar-refractivity contribution in [2.75, 3.05) is 38.6 Å². The Labute approximate surface area is 117 Å². The van der Waals surface area contributed by atoms with Crippen molar-refractivity contribution in [1.82, 2.24) is 4.90 Å². The first-order chi connectivity index (χ1) is 9.08. The van der Waals surface area contributed by atoms with Gasteiger partial charge in [-0.2, -0.15) is 0 Å². The predicted molar refractivity (Wildman–Crippen MR) is 82.5 cm³/mol. The predicted octanol–water partition coefficient (Wildman–Crippen LogP) is 2.48. The zero-order valence-electron chi connectivity index (χ0n) is 12.5. The molecule has 0 radical (unpaired) electrons. The van der Waals surface area contributed by atoms with E-state index >= 15 is 0 Å². The first-order valence-corrected chi connectivity index (χ1v) is 7.32. The van der Waals surface area contributed by atoms with E-state index in [1.54, 1.807) is 0 Å². The molecule has 1 fully saturated rings. The summed E-state index contributed by atoms with van der Waals surface area (Å²) < 4.78 is 0. The van der Waals surface area contributed by atoms with E-state index in [9.17, 15) is 0 Å². The van der Waals surface area contributed by atoms with Crippen LogP contribution in [0.15, 0.2) is 24.3 Å². The second-order valence-electron chi connectivity index (χ2n) is 6.04. The van der Waals surface area contributed by atoms with Gasteiger partial charge >= 0.3 is 0 Å². The topological polar surface area (TPSA) is 32.5 Å². The first kappa shape index (κ1) is 14.4. The average Bonchev–Trinajstić information content (AvgIpc) is 2.39. The summed E-state index contributed by atoms with van der Waals surface area (Å²) in [5.41, 5.74) is 8.69. The molecule has 1 aromatic carbocycles. The second-order valence-corrected chi connectivity index (χ2v) is 6.04. The minimum absolute atomic E-state index is 0.107. The molecule has 1 heterocycles. The Morgan fingerprint density at radius 3 is 2.47 bits per heavy atom. The van der Waals surface area contributed by atoms with Crippen molar-refractivity contribution in [2.45, 2.75) is 25.8 Å². The molecule has 2 rings (SSSR count). The lowest BCUT2D eigenvalue weighted by molar-refractivity contribution is 0.285. The van der Waals surface area contributed by atoms with Crippen LogP contribution in [-0.2, 0) is 0 Å². The van der Waals surface area contributed by atoms with Gasteiger partial charge in [0, 0.05) is 31.4 Å². The fourth-order valence-corrected chi connectivity index (χ4v) is 3.03. The molecule has 106 valence electrons. The molecule has 2 N–H and O–H groups in total. The van der Waals surface area contributed by atoms with Gasteiger partial charge in [-0.3, -0.25) is 0 Å². The molecule has 1 saturated heterocycles. The summed E-state index contributed by atoms with van der Waals surface area (Å²) in [7, 11) is 4.33. The van der Waals surface area contributed by atoms with Crippen molar-refractivity contribution >= 4 is 5.69 Å². The zero-order chi connectivity index (χ0) is 13.8. The molecule has 3 heteroatoms. The Bertz CT molecular complexity index is 393. The van der Waals surface area contributed by atoms with Crippen LogP contribution in [0.3, 0.4) is 0 Å². The third-order valence-electron chi connectivity index (χ3n) is 4.01. The van der Waals surface area contributed by atoms with Crippen LogP contribution in [0.4, 0.5) is 5.69 Å². The summed E-state index contributed by atoms with van der Waals surface area (Å²) >= 11 is 0. The monoisotopic (exact) mass is 261 g/mol. The van der Waals surface area contributed by atoms with Crippen LogP contribution in [0.5, 0.6) is 0 Å². The van der Waals surface area contributed by atoms with E-state index in [0.29, 0.717) is 0 Å². The smallest absolute Gasteiger partial charge is 0.0414 e. The molecule has 1 atom stereocenters. The zero-order valence-corrected chi connectivity index (χ0v) is 12.5. The third kappa shape index (κ3) is 3.71. The fraction of sp³-hybridized carbons (Fsp3) is 0.625. The number of anilines is 1. The number of nitrogens with two attached hydrogens (primary N) is 1. The van der Waals surface area contributed by atoms with Crippen LogP contribution in [-0.4, -0.2) is 38.6 Å². The van der Waals surface area contributed by atoms with Crippen molar-refractivity contribution in [3.63, 3.8) is 0 Å². The molecule has 1 aliphatic rings. The summed E-state index contributed by atoms with van der Waals surface area (Å²) in [6, 6.07) is 8.68. The minimum atomic E-state index is 0.107. The van der Waals surface area contributed by atoms with E-state index in [1.807, 2.05) is 0 Å². The number of rotatable bonds is 4. The highest BCUT2D eigenvalue weighted by atomic mass is 15.1. The SMILES string of the molecule is CC(N)c1ccccc1N1CCC(CN(C)C)CC1. The normalized spacial score (nSPS) is 18.9. The van der Waals surface area contributed by atoms with Crippen LogP contribution >= 0.6 is 0 Å². The number of nitrogens with zero attached hydrogens (tertiary/aromatic N) is 2. The minimum Gasteiger partial charge on any atom is -0.371 e. The molecular formula is C16H27N3. The van der Waals surface area contributed by atoms with Gasteiger partial charge in [0.25, 0.3) is 0 Å². The van der Waals surface area contributed by atoms with E-state index in [-0.39, 0.29) is 6.04 Å². The van der Waals surface area contributed by atoms with Gasteiger partial charge in [0.15, 0.2) is 0 Å². The molecule has 1 aliphatic heterocycles.